The van der Waals surface area contributed by atoms with E-state index in [1.165, 1.54) is 32.5 Å². The van der Waals surface area contributed by atoms with Gasteiger partial charge in [0, 0.05) is 56.9 Å². The molecular formula is C21H26N6O4S2. The van der Waals surface area contributed by atoms with E-state index < -0.39 is 15.9 Å². The highest BCUT2D eigenvalue weighted by molar-refractivity contribution is 7.89. The van der Waals surface area contributed by atoms with Crippen LogP contribution in [0.1, 0.15) is 44.2 Å². The molecule has 1 aliphatic heterocycles. The number of rotatable bonds is 5. The lowest BCUT2D eigenvalue weighted by Crippen LogP contribution is -2.50. The van der Waals surface area contributed by atoms with Crippen LogP contribution in [0, 0.1) is 13.8 Å². The van der Waals surface area contributed by atoms with E-state index in [4.69, 9.17) is 5.73 Å². The number of aryl methyl sites for hydroxylation is 4. The molecule has 10 nitrogen and oxygen atoms in total. The highest BCUT2D eigenvalue weighted by Crippen LogP contribution is 2.32. The minimum Gasteiger partial charge on any atom is -0.364 e. The van der Waals surface area contributed by atoms with Crippen molar-refractivity contribution in [2.24, 2.45) is 12.8 Å². The number of hydrogen-bond donors (Lipinski definition) is 1. The summed E-state index contributed by atoms with van der Waals surface area (Å²) in [6.45, 7) is 6.69. The van der Waals surface area contributed by atoms with E-state index in [1.54, 1.807) is 11.9 Å². The molecule has 2 amide bonds. The van der Waals surface area contributed by atoms with Crippen LogP contribution < -0.4 is 5.73 Å². The van der Waals surface area contributed by atoms with Gasteiger partial charge >= 0.3 is 0 Å². The van der Waals surface area contributed by atoms with Gasteiger partial charge in [-0.3, -0.25) is 9.59 Å². The van der Waals surface area contributed by atoms with Crippen molar-refractivity contribution in [3.63, 3.8) is 0 Å². The van der Waals surface area contributed by atoms with Crippen molar-refractivity contribution in [1.29, 1.82) is 0 Å². The lowest BCUT2D eigenvalue weighted by atomic mass is 10.1. The largest absolute Gasteiger partial charge is 0.364 e. The van der Waals surface area contributed by atoms with Crippen LogP contribution in [0.2, 0.25) is 0 Å². The fourth-order valence-corrected chi connectivity index (χ4v) is 6.81. The van der Waals surface area contributed by atoms with Gasteiger partial charge in [-0.05, 0) is 25.5 Å². The molecule has 0 unspecified atom stereocenters. The topological polar surface area (TPSA) is 131 Å². The second-order valence-corrected chi connectivity index (χ2v) is 11.0. The van der Waals surface area contributed by atoms with Gasteiger partial charge in [0.15, 0.2) is 0 Å². The molecule has 1 saturated heterocycles. The van der Waals surface area contributed by atoms with Crippen molar-refractivity contribution in [2.75, 3.05) is 26.2 Å². The highest BCUT2D eigenvalue weighted by Gasteiger charge is 2.33. The third kappa shape index (κ3) is 4.02. The number of fused-ring (bicyclic) bond motifs is 1. The van der Waals surface area contributed by atoms with E-state index in [-0.39, 0.29) is 42.7 Å². The van der Waals surface area contributed by atoms with Gasteiger partial charge in [0.2, 0.25) is 10.0 Å². The number of nitrogens with zero attached hydrogens (tertiary/aromatic N) is 5. The Hall–Kier alpha value is -2.83. The van der Waals surface area contributed by atoms with Crippen LogP contribution in [0.4, 0.5) is 0 Å². The Labute approximate surface area is 196 Å². The van der Waals surface area contributed by atoms with Crippen molar-refractivity contribution in [1.82, 2.24) is 23.7 Å². The Morgan fingerprint density at radius 1 is 1.15 bits per heavy atom. The lowest BCUT2D eigenvalue weighted by Gasteiger charge is -2.33. The molecule has 0 radical (unpaired) electrons. The average Bonchev–Trinajstić information content (AvgIpc) is 3.34. The molecule has 0 aliphatic carbocycles. The lowest BCUT2D eigenvalue weighted by molar-refractivity contribution is 0.0702. The Morgan fingerprint density at radius 2 is 1.82 bits per heavy atom. The van der Waals surface area contributed by atoms with E-state index in [0.29, 0.717) is 4.88 Å². The molecule has 3 aromatic rings. The SMILES string of the molecule is CCc1nc(C)c2c(C)c(C(=O)N3CCN(S(=O)(=O)c4cc(C(N)=O)n(C)c4)CC3)sc2n1. The van der Waals surface area contributed by atoms with Crippen LogP contribution in [0.3, 0.4) is 0 Å². The summed E-state index contributed by atoms with van der Waals surface area (Å²) in [7, 11) is -2.23. The molecule has 12 heteroatoms. The summed E-state index contributed by atoms with van der Waals surface area (Å²) in [6, 6.07) is 1.28. The molecule has 2 N–H and O–H groups in total. The molecule has 0 aromatic carbocycles. The number of primary amides is 1. The summed E-state index contributed by atoms with van der Waals surface area (Å²) in [4.78, 5) is 36.9. The molecule has 0 atom stereocenters. The summed E-state index contributed by atoms with van der Waals surface area (Å²) in [5, 5.41) is 0.913. The Bertz CT molecular complexity index is 1370. The first-order valence-electron chi connectivity index (χ1n) is 10.6. The van der Waals surface area contributed by atoms with Gasteiger partial charge < -0.3 is 15.2 Å². The number of carbonyl (C=O) groups excluding carboxylic acids is 2. The van der Waals surface area contributed by atoms with Crippen molar-refractivity contribution in [2.45, 2.75) is 32.1 Å². The van der Waals surface area contributed by atoms with Gasteiger partial charge in [-0.2, -0.15) is 4.31 Å². The number of nitrogens with two attached hydrogens (primary N) is 1. The Balaban J connectivity index is 1.53. The van der Waals surface area contributed by atoms with Crippen molar-refractivity contribution in [3.05, 3.63) is 39.9 Å². The first-order valence-corrected chi connectivity index (χ1v) is 12.8. The number of amides is 2. The quantitative estimate of drug-likeness (QED) is 0.576. The number of thiophene rings is 1. The summed E-state index contributed by atoms with van der Waals surface area (Å²) in [5.41, 5.74) is 7.14. The molecule has 1 aliphatic rings. The standard InChI is InChI=1S/C21H26N6O4S2/c1-5-16-23-13(3)17-12(2)18(32-20(17)24-16)21(29)26-6-8-27(9-7-26)33(30,31)14-10-15(19(22)28)25(4)11-14/h10-11H,5-9H2,1-4H3,(H2,22,28). The first kappa shape index (κ1) is 23.3. The number of hydrogen-bond acceptors (Lipinski definition) is 7. The van der Waals surface area contributed by atoms with Crippen molar-refractivity contribution >= 4 is 43.4 Å². The van der Waals surface area contributed by atoms with Gasteiger partial charge in [-0.25, -0.2) is 18.4 Å². The van der Waals surface area contributed by atoms with Crippen molar-refractivity contribution in [3.8, 4) is 0 Å². The molecule has 1 fully saturated rings. The maximum absolute atomic E-state index is 13.3. The smallest absolute Gasteiger partial charge is 0.265 e. The zero-order valence-electron chi connectivity index (χ0n) is 19.0. The number of piperazine rings is 1. The van der Waals surface area contributed by atoms with Crippen LogP contribution in [0.5, 0.6) is 0 Å². The summed E-state index contributed by atoms with van der Waals surface area (Å²) in [5.74, 6) is -0.0701. The molecule has 33 heavy (non-hydrogen) atoms. The number of aromatic nitrogens is 3. The molecule has 0 saturated carbocycles. The maximum Gasteiger partial charge on any atom is 0.265 e. The molecule has 4 rings (SSSR count). The minimum atomic E-state index is -3.80. The zero-order chi connectivity index (χ0) is 24.1. The van der Waals surface area contributed by atoms with Crippen LogP contribution in [0.25, 0.3) is 10.2 Å². The molecule has 3 aromatic heterocycles. The van der Waals surface area contributed by atoms with Crippen molar-refractivity contribution < 1.29 is 18.0 Å². The molecule has 176 valence electrons. The van der Waals surface area contributed by atoms with E-state index in [1.807, 2.05) is 20.8 Å². The second-order valence-electron chi connectivity index (χ2n) is 8.05. The van der Waals surface area contributed by atoms with Crippen LogP contribution in [-0.4, -0.2) is 70.2 Å². The minimum absolute atomic E-state index is 0.0136. The third-order valence-corrected chi connectivity index (χ3v) is 8.96. The number of carbonyl (C=O) groups is 2. The molecule has 0 spiro atoms. The van der Waals surface area contributed by atoms with E-state index in [9.17, 15) is 18.0 Å². The Kier molecular flexibility index (Phi) is 6.01. The van der Waals surface area contributed by atoms with Gasteiger partial charge in [-0.1, -0.05) is 6.92 Å². The normalized spacial score (nSPS) is 15.3. The summed E-state index contributed by atoms with van der Waals surface area (Å²) < 4.78 is 28.8. The van der Waals surface area contributed by atoms with E-state index >= 15 is 0 Å². The van der Waals surface area contributed by atoms with Crippen LogP contribution in [0.15, 0.2) is 17.2 Å². The third-order valence-electron chi connectivity index (χ3n) is 5.92. The van der Waals surface area contributed by atoms with E-state index in [0.717, 1.165) is 33.7 Å². The molecular weight excluding hydrogens is 464 g/mol. The fourth-order valence-electron chi connectivity index (χ4n) is 4.10. The van der Waals surface area contributed by atoms with Gasteiger partial charge in [0.1, 0.15) is 21.2 Å². The fraction of sp³-hybridized carbons (Fsp3) is 0.429. The zero-order valence-corrected chi connectivity index (χ0v) is 20.6. The predicted octanol–water partition coefficient (Wildman–Crippen LogP) is 1.45. The van der Waals surface area contributed by atoms with Gasteiger partial charge in [0.25, 0.3) is 11.8 Å². The Morgan fingerprint density at radius 3 is 2.39 bits per heavy atom. The highest BCUT2D eigenvalue weighted by atomic mass is 32.2. The van der Waals surface area contributed by atoms with E-state index in [2.05, 4.69) is 9.97 Å². The van der Waals surface area contributed by atoms with Crippen LogP contribution >= 0.6 is 11.3 Å². The number of sulfonamides is 1. The molecule has 0 bridgehead atoms. The van der Waals surface area contributed by atoms with Gasteiger partial charge in [0.05, 0.1) is 4.88 Å². The molecule has 4 heterocycles. The van der Waals surface area contributed by atoms with Crippen LogP contribution in [-0.2, 0) is 23.5 Å². The summed E-state index contributed by atoms with van der Waals surface area (Å²) in [6.07, 6.45) is 2.09. The first-order chi connectivity index (χ1) is 15.5. The average molecular weight is 491 g/mol. The van der Waals surface area contributed by atoms with Gasteiger partial charge in [-0.15, -0.1) is 11.3 Å². The second kappa shape index (κ2) is 8.50. The monoisotopic (exact) mass is 490 g/mol. The maximum atomic E-state index is 13.3. The summed E-state index contributed by atoms with van der Waals surface area (Å²) >= 11 is 1.36. The predicted molar refractivity (Wildman–Crippen MR) is 125 cm³/mol.